The van der Waals surface area contributed by atoms with Crippen molar-refractivity contribution >= 4 is 22.8 Å². The van der Waals surface area contributed by atoms with Gasteiger partial charge < -0.3 is 14.5 Å². The van der Waals surface area contributed by atoms with Crippen LogP contribution in [0, 0.1) is 6.92 Å². The van der Waals surface area contributed by atoms with Gasteiger partial charge in [-0.25, -0.2) is 4.79 Å². The summed E-state index contributed by atoms with van der Waals surface area (Å²) in [4.78, 5) is 27.0. The molecule has 0 saturated carbocycles. The maximum atomic E-state index is 12.7. The molecule has 1 heterocycles. The number of rotatable bonds is 4. The SMILES string of the molecule is CC(=O)Oc1ccc2[nH]c(C)c(C(=O)O[C@@H](C)c3ccccc3)c2c1. The number of benzene rings is 2. The topological polar surface area (TPSA) is 68.4 Å². The first-order chi connectivity index (χ1) is 12.0. The molecule has 3 aromatic rings. The highest BCUT2D eigenvalue weighted by molar-refractivity contribution is 6.06. The van der Waals surface area contributed by atoms with Gasteiger partial charge in [-0.2, -0.15) is 0 Å². The zero-order valence-electron chi connectivity index (χ0n) is 14.3. The van der Waals surface area contributed by atoms with Crippen molar-refractivity contribution in [3.05, 3.63) is 65.4 Å². The zero-order valence-corrected chi connectivity index (χ0v) is 14.3. The molecule has 0 spiro atoms. The molecule has 25 heavy (non-hydrogen) atoms. The van der Waals surface area contributed by atoms with Crippen LogP contribution in [0.5, 0.6) is 5.75 Å². The summed E-state index contributed by atoms with van der Waals surface area (Å²) in [6, 6.07) is 14.7. The fraction of sp³-hybridized carbons (Fsp3) is 0.200. The van der Waals surface area contributed by atoms with Crippen molar-refractivity contribution in [3.8, 4) is 5.75 Å². The Balaban J connectivity index is 1.92. The van der Waals surface area contributed by atoms with Crippen molar-refractivity contribution in [2.45, 2.75) is 26.9 Å². The van der Waals surface area contributed by atoms with Gasteiger partial charge in [0.15, 0.2) is 0 Å². The first-order valence-electron chi connectivity index (χ1n) is 8.02. The number of aromatic amines is 1. The largest absolute Gasteiger partial charge is 0.454 e. The van der Waals surface area contributed by atoms with Crippen LogP contribution in [0.1, 0.15) is 41.6 Å². The second kappa shape index (κ2) is 6.81. The Morgan fingerprint density at radius 3 is 2.48 bits per heavy atom. The number of aromatic nitrogens is 1. The number of hydrogen-bond acceptors (Lipinski definition) is 4. The summed E-state index contributed by atoms with van der Waals surface area (Å²) >= 11 is 0. The van der Waals surface area contributed by atoms with Crippen molar-refractivity contribution < 1.29 is 19.1 Å². The lowest BCUT2D eigenvalue weighted by atomic mass is 10.1. The van der Waals surface area contributed by atoms with Crippen LogP contribution in [0.15, 0.2) is 48.5 Å². The maximum Gasteiger partial charge on any atom is 0.341 e. The van der Waals surface area contributed by atoms with E-state index >= 15 is 0 Å². The Morgan fingerprint density at radius 1 is 1.08 bits per heavy atom. The number of ether oxygens (including phenoxy) is 2. The van der Waals surface area contributed by atoms with E-state index in [0.29, 0.717) is 22.4 Å². The fourth-order valence-electron chi connectivity index (χ4n) is 2.81. The molecule has 0 bridgehead atoms. The molecule has 0 amide bonds. The van der Waals surface area contributed by atoms with E-state index in [9.17, 15) is 9.59 Å². The lowest BCUT2D eigenvalue weighted by molar-refractivity contribution is -0.131. The molecular weight excluding hydrogens is 318 g/mol. The van der Waals surface area contributed by atoms with Gasteiger partial charge in [-0.15, -0.1) is 0 Å². The van der Waals surface area contributed by atoms with E-state index in [1.54, 1.807) is 18.2 Å². The molecule has 128 valence electrons. The van der Waals surface area contributed by atoms with E-state index in [1.807, 2.05) is 44.2 Å². The molecule has 1 atom stereocenters. The molecule has 0 radical (unpaired) electrons. The van der Waals surface area contributed by atoms with Crippen LogP contribution >= 0.6 is 0 Å². The van der Waals surface area contributed by atoms with E-state index in [-0.39, 0.29) is 6.10 Å². The molecule has 1 N–H and O–H groups in total. The van der Waals surface area contributed by atoms with Crippen molar-refractivity contribution in [3.63, 3.8) is 0 Å². The van der Waals surface area contributed by atoms with Gasteiger partial charge in [-0.3, -0.25) is 4.79 Å². The second-order valence-electron chi connectivity index (χ2n) is 5.88. The lowest BCUT2D eigenvalue weighted by Crippen LogP contribution is -2.10. The summed E-state index contributed by atoms with van der Waals surface area (Å²) in [5.74, 6) is -0.433. The number of hydrogen-bond donors (Lipinski definition) is 1. The van der Waals surface area contributed by atoms with Crippen molar-refractivity contribution in [1.29, 1.82) is 0 Å². The molecule has 0 aliphatic heterocycles. The van der Waals surface area contributed by atoms with Crippen LogP contribution in [0.4, 0.5) is 0 Å². The quantitative estimate of drug-likeness (QED) is 0.569. The molecule has 0 unspecified atom stereocenters. The Hall–Kier alpha value is -3.08. The molecule has 5 heteroatoms. The molecule has 0 fully saturated rings. The number of carbonyl (C=O) groups excluding carboxylic acids is 2. The smallest absolute Gasteiger partial charge is 0.341 e. The maximum absolute atomic E-state index is 12.7. The Morgan fingerprint density at radius 2 is 1.80 bits per heavy atom. The van der Waals surface area contributed by atoms with Gasteiger partial charge in [0, 0.05) is 23.5 Å². The summed E-state index contributed by atoms with van der Waals surface area (Å²) in [5.41, 5.74) is 2.87. The van der Waals surface area contributed by atoms with Crippen LogP contribution < -0.4 is 4.74 Å². The second-order valence-corrected chi connectivity index (χ2v) is 5.88. The highest BCUT2D eigenvalue weighted by Gasteiger charge is 2.21. The number of aryl methyl sites for hydroxylation is 1. The van der Waals surface area contributed by atoms with Crippen molar-refractivity contribution in [2.24, 2.45) is 0 Å². The van der Waals surface area contributed by atoms with Gasteiger partial charge in [0.2, 0.25) is 0 Å². The van der Waals surface area contributed by atoms with Gasteiger partial charge in [-0.05, 0) is 37.6 Å². The highest BCUT2D eigenvalue weighted by atomic mass is 16.5. The Kier molecular flexibility index (Phi) is 4.57. The van der Waals surface area contributed by atoms with Crippen LogP contribution in [-0.4, -0.2) is 16.9 Å². The third-order valence-corrected chi connectivity index (χ3v) is 3.98. The minimum absolute atomic E-state index is 0.366. The minimum Gasteiger partial charge on any atom is -0.454 e. The average molecular weight is 337 g/mol. The third-order valence-electron chi connectivity index (χ3n) is 3.98. The highest BCUT2D eigenvalue weighted by Crippen LogP contribution is 2.29. The predicted octanol–water partition coefficient (Wildman–Crippen LogP) is 4.32. The molecular formula is C20H19NO4. The number of fused-ring (bicyclic) bond motifs is 1. The summed E-state index contributed by atoms with van der Waals surface area (Å²) in [5, 5.41) is 0.668. The van der Waals surface area contributed by atoms with E-state index in [4.69, 9.17) is 9.47 Å². The zero-order chi connectivity index (χ0) is 18.0. The van der Waals surface area contributed by atoms with E-state index in [1.165, 1.54) is 6.92 Å². The van der Waals surface area contributed by atoms with E-state index < -0.39 is 11.9 Å². The molecule has 1 aromatic heterocycles. The average Bonchev–Trinajstić information content (AvgIpc) is 2.90. The van der Waals surface area contributed by atoms with Crippen molar-refractivity contribution in [1.82, 2.24) is 4.98 Å². The van der Waals surface area contributed by atoms with Crippen LogP contribution in [0.3, 0.4) is 0 Å². The normalized spacial score (nSPS) is 12.0. The third kappa shape index (κ3) is 3.55. The van der Waals surface area contributed by atoms with E-state index in [2.05, 4.69) is 4.98 Å². The molecule has 3 rings (SSSR count). The molecule has 5 nitrogen and oxygen atoms in total. The first kappa shape index (κ1) is 16.8. The minimum atomic E-state index is -0.417. The number of nitrogens with one attached hydrogen (secondary N) is 1. The van der Waals surface area contributed by atoms with Gasteiger partial charge in [0.25, 0.3) is 0 Å². The van der Waals surface area contributed by atoms with Gasteiger partial charge in [0.1, 0.15) is 11.9 Å². The number of H-pyrrole nitrogens is 1. The standard InChI is InChI=1S/C20H19NO4/c1-12-19(20(23)24-13(2)15-7-5-4-6-8-15)17-11-16(25-14(3)22)9-10-18(17)21-12/h4-11,13,21H,1-3H3/t13-/m0/s1. The molecule has 2 aromatic carbocycles. The van der Waals surface area contributed by atoms with Gasteiger partial charge in [-0.1, -0.05) is 30.3 Å². The van der Waals surface area contributed by atoms with Crippen molar-refractivity contribution in [2.75, 3.05) is 0 Å². The molecule has 0 aliphatic carbocycles. The molecule has 0 saturated heterocycles. The lowest BCUT2D eigenvalue weighted by Gasteiger charge is -2.13. The van der Waals surface area contributed by atoms with Crippen LogP contribution in [0.25, 0.3) is 10.9 Å². The van der Waals surface area contributed by atoms with E-state index in [0.717, 1.165) is 11.1 Å². The number of carbonyl (C=O) groups is 2. The van der Waals surface area contributed by atoms with Gasteiger partial charge >= 0.3 is 11.9 Å². The summed E-state index contributed by atoms with van der Waals surface area (Å²) < 4.78 is 10.7. The van der Waals surface area contributed by atoms with Gasteiger partial charge in [0.05, 0.1) is 5.56 Å². The Bertz CT molecular complexity index is 928. The number of esters is 2. The Labute approximate surface area is 145 Å². The van der Waals surface area contributed by atoms with Crippen LogP contribution in [0.2, 0.25) is 0 Å². The summed E-state index contributed by atoms with van der Waals surface area (Å²) in [7, 11) is 0. The predicted molar refractivity (Wildman–Crippen MR) is 94.6 cm³/mol. The summed E-state index contributed by atoms with van der Waals surface area (Å²) in [6.07, 6.45) is -0.366. The summed E-state index contributed by atoms with van der Waals surface area (Å²) in [6.45, 7) is 4.99. The first-order valence-corrected chi connectivity index (χ1v) is 8.02. The molecule has 0 aliphatic rings. The van der Waals surface area contributed by atoms with Crippen LogP contribution in [-0.2, 0) is 9.53 Å². The monoisotopic (exact) mass is 337 g/mol. The fourth-order valence-corrected chi connectivity index (χ4v) is 2.81.